The second-order valence-corrected chi connectivity index (χ2v) is 4.61. The molecule has 2 heterocycles. The van der Waals surface area contributed by atoms with Gasteiger partial charge in [-0.05, 0) is 25.1 Å². The molecule has 0 radical (unpaired) electrons. The Labute approximate surface area is 115 Å². The normalized spacial score (nSPS) is 10.5. The highest BCUT2D eigenvalue weighted by molar-refractivity contribution is 6.33. The summed E-state index contributed by atoms with van der Waals surface area (Å²) in [6.07, 6.45) is 1.29. The molecule has 0 fully saturated rings. The highest BCUT2D eigenvalue weighted by Gasteiger charge is 2.13. The number of halogens is 1. The van der Waals surface area contributed by atoms with E-state index in [4.69, 9.17) is 21.1 Å². The number of hydrogen-bond acceptors (Lipinski definition) is 4. The largest absolute Gasteiger partial charge is 0.478 e. The van der Waals surface area contributed by atoms with E-state index in [1.807, 2.05) is 26.1 Å². The minimum Gasteiger partial charge on any atom is -0.478 e. The van der Waals surface area contributed by atoms with Gasteiger partial charge in [-0.1, -0.05) is 11.6 Å². The third kappa shape index (κ3) is 3.06. The van der Waals surface area contributed by atoms with Crippen LogP contribution in [0, 0.1) is 6.92 Å². The Balaban J connectivity index is 2.19. The van der Waals surface area contributed by atoms with Crippen LogP contribution in [-0.2, 0) is 6.54 Å². The van der Waals surface area contributed by atoms with Crippen molar-refractivity contribution in [3.05, 3.63) is 46.5 Å². The molecule has 2 aromatic heterocycles. The lowest BCUT2D eigenvalue weighted by molar-refractivity contribution is 0.0696. The molecule has 0 aliphatic carbocycles. The minimum absolute atomic E-state index is 0.0657. The lowest BCUT2D eigenvalue weighted by Gasteiger charge is -2.18. The van der Waals surface area contributed by atoms with Crippen LogP contribution in [0.5, 0.6) is 0 Å². The number of hydrogen-bond donors (Lipinski definition) is 1. The average Bonchev–Trinajstić information content (AvgIpc) is 2.74. The Hall–Kier alpha value is -2.01. The van der Waals surface area contributed by atoms with E-state index in [-0.39, 0.29) is 5.56 Å². The Morgan fingerprint density at radius 2 is 2.26 bits per heavy atom. The molecule has 5 nitrogen and oxygen atoms in total. The Morgan fingerprint density at radius 3 is 2.79 bits per heavy atom. The maximum atomic E-state index is 10.8. The number of pyridine rings is 1. The summed E-state index contributed by atoms with van der Waals surface area (Å²) in [6, 6.07) is 5.15. The zero-order chi connectivity index (χ0) is 14.0. The zero-order valence-corrected chi connectivity index (χ0v) is 11.3. The third-order valence-corrected chi connectivity index (χ3v) is 2.90. The number of carboxylic acids is 1. The van der Waals surface area contributed by atoms with Crippen LogP contribution < -0.4 is 4.90 Å². The van der Waals surface area contributed by atoms with E-state index in [2.05, 4.69) is 4.98 Å². The van der Waals surface area contributed by atoms with Gasteiger partial charge in [0.05, 0.1) is 17.1 Å². The maximum Gasteiger partial charge on any atom is 0.337 e. The first-order valence-electron chi connectivity index (χ1n) is 5.62. The molecule has 0 aliphatic rings. The molecule has 2 aromatic rings. The Morgan fingerprint density at radius 1 is 1.53 bits per heavy atom. The Kier molecular flexibility index (Phi) is 3.76. The molecule has 0 saturated heterocycles. The summed E-state index contributed by atoms with van der Waals surface area (Å²) in [7, 11) is 1.81. The molecule has 2 rings (SSSR count). The number of carbonyl (C=O) groups is 1. The van der Waals surface area contributed by atoms with Gasteiger partial charge in [0.25, 0.3) is 0 Å². The molecule has 0 amide bonds. The van der Waals surface area contributed by atoms with Crippen molar-refractivity contribution >= 4 is 23.4 Å². The number of carboxylic acid groups (broad SMARTS) is 1. The van der Waals surface area contributed by atoms with Gasteiger partial charge in [-0.25, -0.2) is 9.78 Å². The molecular weight excluding hydrogens is 268 g/mol. The van der Waals surface area contributed by atoms with Gasteiger partial charge < -0.3 is 14.4 Å². The van der Waals surface area contributed by atoms with Gasteiger partial charge >= 0.3 is 5.97 Å². The highest BCUT2D eigenvalue weighted by atomic mass is 35.5. The van der Waals surface area contributed by atoms with Crippen molar-refractivity contribution in [3.8, 4) is 0 Å². The number of aryl methyl sites for hydroxylation is 1. The standard InChI is InChI=1S/C13H13ClN2O3/c1-8-3-4-10(19-8)7-16(2)12-11(14)5-9(6-15-12)13(17)18/h3-6H,7H2,1-2H3,(H,17,18). The molecular formula is C13H13ClN2O3. The second kappa shape index (κ2) is 5.32. The summed E-state index contributed by atoms with van der Waals surface area (Å²) >= 11 is 6.04. The van der Waals surface area contributed by atoms with E-state index >= 15 is 0 Å². The molecule has 0 bridgehead atoms. The molecule has 0 atom stereocenters. The fourth-order valence-electron chi connectivity index (χ4n) is 1.71. The van der Waals surface area contributed by atoms with Gasteiger partial charge in [0.15, 0.2) is 0 Å². The van der Waals surface area contributed by atoms with Crippen LogP contribution in [0.3, 0.4) is 0 Å². The minimum atomic E-state index is -1.05. The summed E-state index contributed by atoms with van der Waals surface area (Å²) in [4.78, 5) is 16.7. The summed E-state index contributed by atoms with van der Waals surface area (Å²) in [5.74, 6) is 1.09. The summed E-state index contributed by atoms with van der Waals surface area (Å²) < 4.78 is 5.47. The van der Waals surface area contributed by atoms with E-state index in [1.54, 1.807) is 4.90 Å². The molecule has 0 spiro atoms. The molecule has 0 saturated carbocycles. The van der Waals surface area contributed by atoms with E-state index in [1.165, 1.54) is 12.3 Å². The van der Waals surface area contributed by atoms with E-state index in [0.717, 1.165) is 11.5 Å². The second-order valence-electron chi connectivity index (χ2n) is 4.20. The monoisotopic (exact) mass is 280 g/mol. The lowest BCUT2D eigenvalue weighted by atomic mass is 10.3. The average molecular weight is 281 g/mol. The van der Waals surface area contributed by atoms with Gasteiger partial charge in [0, 0.05) is 13.2 Å². The van der Waals surface area contributed by atoms with Crippen LogP contribution >= 0.6 is 11.6 Å². The van der Waals surface area contributed by atoms with Crippen LogP contribution in [0.15, 0.2) is 28.8 Å². The van der Waals surface area contributed by atoms with Crippen LogP contribution in [-0.4, -0.2) is 23.1 Å². The molecule has 0 aromatic carbocycles. The smallest absolute Gasteiger partial charge is 0.337 e. The van der Waals surface area contributed by atoms with Gasteiger partial charge in [0.1, 0.15) is 17.3 Å². The van der Waals surface area contributed by atoms with Crippen molar-refractivity contribution in [2.24, 2.45) is 0 Å². The number of anilines is 1. The molecule has 6 heteroatoms. The van der Waals surface area contributed by atoms with Crippen molar-refractivity contribution < 1.29 is 14.3 Å². The fourth-order valence-corrected chi connectivity index (χ4v) is 2.02. The van der Waals surface area contributed by atoms with Gasteiger partial charge in [-0.15, -0.1) is 0 Å². The first-order valence-corrected chi connectivity index (χ1v) is 6.00. The molecule has 100 valence electrons. The predicted molar refractivity (Wildman–Crippen MR) is 71.8 cm³/mol. The van der Waals surface area contributed by atoms with Gasteiger partial charge in [0.2, 0.25) is 0 Å². The summed E-state index contributed by atoms with van der Waals surface area (Å²) in [6.45, 7) is 2.38. The van der Waals surface area contributed by atoms with Crippen molar-refractivity contribution in [2.45, 2.75) is 13.5 Å². The number of aromatic carboxylic acids is 1. The third-order valence-electron chi connectivity index (χ3n) is 2.62. The van der Waals surface area contributed by atoms with E-state index < -0.39 is 5.97 Å². The molecule has 1 N–H and O–H groups in total. The van der Waals surface area contributed by atoms with Crippen molar-refractivity contribution in [1.82, 2.24) is 4.98 Å². The summed E-state index contributed by atoms with van der Waals surface area (Å²) in [5, 5.41) is 9.15. The summed E-state index contributed by atoms with van der Waals surface area (Å²) in [5.41, 5.74) is 0.0657. The van der Waals surface area contributed by atoms with Gasteiger partial charge in [-0.2, -0.15) is 0 Å². The predicted octanol–water partition coefficient (Wildman–Crippen LogP) is 2.97. The lowest BCUT2D eigenvalue weighted by Crippen LogP contribution is -2.18. The SMILES string of the molecule is Cc1ccc(CN(C)c2ncc(C(=O)O)cc2Cl)o1. The van der Waals surface area contributed by atoms with E-state index in [9.17, 15) is 4.79 Å². The topological polar surface area (TPSA) is 66.6 Å². The number of nitrogens with zero attached hydrogens (tertiary/aromatic N) is 2. The molecule has 0 unspecified atom stereocenters. The fraction of sp³-hybridized carbons (Fsp3) is 0.231. The van der Waals surface area contributed by atoms with Gasteiger partial charge in [-0.3, -0.25) is 0 Å². The van der Waals surface area contributed by atoms with Crippen molar-refractivity contribution in [1.29, 1.82) is 0 Å². The number of aromatic nitrogens is 1. The highest BCUT2D eigenvalue weighted by Crippen LogP contribution is 2.24. The molecule has 0 aliphatic heterocycles. The Bertz CT molecular complexity index is 610. The maximum absolute atomic E-state index is 10.8. The number of furan rings is 1. The first kappa shape index (κ1) is 13.4. The molecule has 19 heavy (non-hydrogen) atoms. The quantitative estimate of drug-likeness (QED) is 0.932. The van der Waals surface area contributed by atoms with Crippen LogP contribution in [0.1, 0.15) is 21.9 Å². The van der Waals surface area contributed by atoms with Crippen LogP contribution in [0.2, 0.25) is 5.02 Å². The van der Waals surface area contributed by atoms with Crippen molar-refractivity contribution in [3.63, 3.8) is 0 Å². The first-order chi connectivity index (χ1) is 8.97. The number of rotatable bonds is 4. The zero-order valence-electron chi connectivity index (χ0n) is 10.6. The van der Waals surface area contributed by atoms with Crippen LogP contribution in [0.4, 0.5) is 5.82 Å². The van der Waals surface area contributed by atoms with Crippen molar-refractivity contribution in [2.75, 3.05) is 11.9 Å². The van der Waals surface area contributed by atoms with E-state index in [0.29, 0.717) is 17.4 Å². The van der Waals surface area contributed by atoms with Crippen LogP contribution in [0.25, 0.3) is 0 Å².